The molecule has 0 aliphatic carbocycles. The molecule has 0 unspecified atom stereocenters. The van der Waals surface area contributed by atoms with E-state index in [2.05, 4.69) is 44.9 Å². The van der Waals surface area contributed by atoms with Gasteiger partial charge in [-0.2, -0.15) is 5.10 Å². The highest BCUT2D eigenvalue weighted by Crippen LogP contribution is 2.21. The third-order valence-electron chi connectivity index (χ3n) is 2.31. The van der Waals surface area contributed by atoms with Crippen molar-refractivity contribution in [3.8, 4) is 5.75 Å². The van der Waals surface area contributed by atoms with Gasteiger partial charge in [0.25, 0.3) is 0 Å². The van der Waals surface area contributed by atoms with Crippen LogP contribution in [-0.2, 0) is 9.59 Å². The Morgan fingerprint density at radius 3 is 2.73 bits per heavy atom. The molecule has 0 aliphatic rings. The van der Waals surface area contributed by atoms with Gasteiger partial charge >= 0.3 is 11.8 Å². The summed E-state index contributed by atoms with van der Waals surface area (Å²) in [5.74, 6) is -1.06. The van der Waals surface area contributed by atoms with Gasteiger partial charge in [0.1, 0.15) is 12.4 Å². The van der Waals surface area contributed by atoms with Gasteiger partial charge in [0.05, 0.1) is 6.21 Å². The van der Waals surface area contributed by atoms with Crippen LogP contribution >= 0.6 is 15.9 Å². The fourth-order valence-electron chi connectivity index (χ4n) is 1.36. The molecular weight excluding hydrogens is 350 g/mol. The Balaban J connectivity index is 2.70. The minimum Gasteiger partial charge on any atom is -0.489 e. The second-order valence-corrected chi connectivity index (χ2v) is 4.90. The maximum absolute atomic E-state index is 11.4. The van der Waals surface area contributed by atoms with Crippen molar-refractivity contribution in [2.45, 2.75) is 0 Å². The molecule has 1 aromatic rings. The molecule has 7 heteroatoms. The number of ether oxygens (including phenoxy) is 1. The Kier molecular flexibility index (Phi) is 7.63. The van der Waals surface area contributed by atoms with E-state index in [4.69, 9.17) is 4.74 Å². The smallest absolute Gasteiger partial charge is 0.329 e. The van der Waals surface area contributed by atoms with Crippen LogP contribution in [-0.4, -0.2) is 31.2 Å². The maximum atomic E-state index is 11.4. The first kappa shape index (κ1) is 17.6. The van der Waals surface area contributed by atoms with Crippen molar-refractivity contribution in [3.63, 3.8) is 0 Å². The minimum atomic E-state index is -0.860. The molecule has 1 rings (SSSR count). The molecule has 0 heterocycles. The molecule has 0 atom stereocenters. The summed E-state index contributed by atoms with van der Waals surface area (Å²) in [5, 5.41) is 6.09. The van der Waals surface area contributed by atoms with Gasteiger partial charge in [0.15, 0.2) is 0 Å². The Morgan fingerprint density at radius 1 is 1.27 bits per heavy atom. The van der Waals surface area contributed by atoms with E-state index >= 15 is 0 Å². The second-order valence-electron chi connectivity index (χ2n) is 3.98. The number of hydrogen-bond donors (Lipinski definition) is 2. The predicted octanol–water partition coefficient (Wildman–Crippen LogP) is 1.77. The number of halogens is 1. The first-order chi connectivity index (χ1) is 10.6. The van der Waals surface area contributed by atoms with E-state index in [0.717, 1.165) is 4.47 Å². The van der Waals surface area contributed by atoms with Crippen molar-refractivity contribution in [1.82, 2.24) is 10.7 Å². The monoisotopic (exact) mass is 365 g/mol. The number of amides is 2. The molecule has 6 nitrogen and oxygen atoms in total. The number of rotatable bonds is 7. The summed E-state index contributed by atoms with van der Waals surface area (Å²) in [7, 11) is 0. The SMILES string of the molecule is C=CCNC(=O)C(=O)N/N=C\c1cc(Br)ccc1OCC=C. The van der Waals surface area contributed by atoms with E-state index in [0.29, 0.717) is 17.9 Å². The molecule has 22 heavy (non-hydrogen) atoms. The number of nitrogens with zero attached hydrogens (tertiary/aromatic N) is 1. The van der Waals surface area contributed by atoms with Crippen LogP contribution < -0.4 is 15.5 Å². The molecule has 116 valence electrons. The largest absolute Gasteiger partial charge is 0.489 e. The lowest BCUT2D eigenvalue weighted by molar-refractivity contribution is -0.139. The number of hydrogen-bond acceptors (Lipinski definition) is 4. The molecule has 2 N–H and O–H groups in total. The zero-order valence-electron chi connectivity index (χ0n) is 11.8. The fourth-order valence-corrected chi connectivity index (χ4v) is 1.74. The summed E-state index contributed by atoms with van der Waals surface area (Å²) in [5.41, 5.74) is 2.78. The highest BCUT2D eigenvalue weighted by Gasteiger charge is 2.10. The highest BCUT2D eigenvalue weighted by molar-refractivity contribution is 9.10. The Bertz CT molecular complexity index is 600. The van der Waals surface area contributed by atoms with Crippen molar-refractivity contribution >= 4 is 34.0 Å². The predicted molar refractivity (Wildman–Crippen MR) is 88.8 cm³/mol. The van der Waals surface area contributed by atoms with Crippen molar-refractivity contribution in [2.75, 3.05) is 13.2 Å². The van der Waals surface area contributed by atoms with Crippen LogP contribution in [0.5, 0.6) is 5.75 Å². The summed E-state index contributed by atoms with van der Waals surface area (Å²) in [6.07, 6.45) is 4.48. The second kappa shape index (κ2) is 9.51. The lowest BCUT2D eigenvalue weighted by Crippen LogP contribution is -2.37. The van der Waals surface area contributed by atoms with Gasteiger partial charge in [-0.1, -0.05) is 34.7 Å². The first-order valence-corrected chi connectivity index (χ1v) is 7.13. The first-order valence-electron chi connectivity index (χ1n) is 6.34. The van der Waals surface area contributed by atoms with Crippen LogP contribution in [0.15, 0.2) is 53.1 Å². The number of carbonyl (C=O) groups excluding carboxylic acids is 2. The number of benzene rings is 1. The topological polar surface area (TPSA) is 79.8 Å². The van der Waals surface area contributed by atoms with Crippen molar-refractivity contribution < 1.29 is 14.3 Å². The van der Waals surface area contributed by atoms with Gasteiger partial charge < -0.3 is 10.1 Å². The van der Waals surface area contributed by atoms with Crippen LogP contribution in [0.2, 0.25) is 0 Å². The zero-order valence-corrected chi connectivity index (χ0v) is 13.4. The van der Waals surface area contributed by atoms with Crippen LogP contribution in [0.25, 0.3) is 0 Å². The van der Waals surface area contributed by atoms with Crippen LogP contribution in [0.3, 0.4) is 0 Å². The molecule has 0 fully saturated rings. The Morgan fingerprint density at radius 2 is 2.05 bits per heavy atom. The van der Waals surface area contributed by atoms with E-state index < -0.39 is 11.8 Å². The fraction of sp³-hybridized carbons (Fsp3) is 0.133. The van der Waals surface area contributed by atoms with Crippen LogP contribution in [0.1, 0.15) is 5.56 Å². The average molecular weight is 366 g/mol. The molecule has 0 radical (unpaired) electrons. The zero-order chi connectivity index (χ0) is 16.4. The number of hydrazone groups is 1. The van der Waals surface area contributed by atoms with E-state index in [1.165, 1.54) is 12.3 Å². The molecule has 0 spiro atoms. The van der Waals surface area contributed by atoms with Gasteiger partial charge in [-0.25, -0.2) is 5.43 Å². The lowest BCUT2D eigenvalue weighted by Gasteiger charge is -2.07. The Hall–Kier alpha value is -2.41. The Labute approximate surface area is 137 Å². The summed E-state index contributed by atoms with van der Waals surface area (Å²) >= 11 is 3.34. The lowest BCUT2D eigenvalue weighted by atomic mass is 10.2. The standard InChI is InChI=1S/C15H16BrN3O3/c1-3-7-17-14(20)15(21)19-18-10-11-9-12(16)5-6-13(11)22-8-4-2/h3-6,9-10H,1-2,7-8H2,(H,17,20)(H,19,21)/b18-10-. The highest BCUT2D eigenvalue weighted by atomic mass is 79.9. The molecule has 2 amide bonds. The van der Waals surface area contributed by atoms with Gasteiger partial charge in [-0.05, 0) is 18.2 Å². The number of carbonyl (C=O) groups is 2. The third-order valence-corrected chi connectivity index (χ3v) is 2.80. The summed E-state index contributed by atoms with van der Waals surface area (Å²) in [6, 6.07) is 5.34. The molecule has 1 aromatic carbocycles. The minimum absolute atomic E-state index is 0.209. The van der Waals surface area contributed by atoms with E-state index in [1.807, 2.05) is 6.07 Å². The van der Waals surface area contributed by atoms with Crippen LogP contribution in [0.4, 0.5) is 0 Å². The quantitative estimate of drug-likeness (QED) is 0.334. The molecule has 0 bridgehead atoms. The summed E-state index contributed by atoms with van der Waals surface area (Å²) < 4.78 is 6.29. The molecular formula is C15H16BrN3O3. The average Bonchev–Trinajstić information content (AvgIpc) is 2.51. The number of nitrogens with one attached hydrogen (secondary N) is 2. The van der Waals surface area contributed by atoms with Gasteiger partial charge in [0.2, 0.25) is 0 Å². The van der Waals surface area contributed by atoms with Crippen molar-refractivity contribution in [1.29, 1.82) is 0 Å². The summed E-state index contributed by atoms with van der Waals surface area (Å²) in [4.78, 5) is 22.8. The van der Waals surface area contributed by atoms with E-state index in [1.54, 1.807) is 18.2 Å². The molecule has 0 aromatic heterocycles. The van der Waals surface area contributed by atoms with Crippen molar-refractivity contribution in [3.05, 3.63) is 53.5 Å². The van der Waals surface area contributed by atoms with E-state index in [9.17, 15) is 9.59 Å². The van der Waals surface area contributed by atoms with Gasteiger partial charge in [-0.15, -0.1) is 6.58 Å². The molecule has 0 saturated heterocycles. The maximum Gasteiger partial charge on any atom is 0.329 e. The van der Waals surface area contributed by atoms with E-state index in [-0.39, 0.29) is 6.54 Å². The van der Waals surface area contributed by atoms with Gasteiger partial charge in [0, 0.05) is 16.6 Å². The third kappa shape index (κ3) is 5.92. The molecule has 0 aliphatic heterocycles. The van der Waals surface area contributed by atoms with Crippen LogP contribution in [0, 0.1) is 0 Å². The normalized spacial score (nSPS) is 10.0. The summed E-state index contributed by atoms with van der Waals surface area (Å²) in [6.45, 7) is 7.57. The van der Waals surface area contributed by atoms with Crippen molar-refractivity contribution in [2.24, 2.45) is 5.10 Å². The molecule has 0 saturated carbocycles. The van der Waals surface area contributed by atoms with Gasteiger partial charge in [-0.3, -0.25) is 9.59 Å².